The van der Waals surface area contributed by atoms with Gasteiger partial charge in [0.1, 0.15) is 18.4 Å². The molecule has 11 heteroatoms. The van der Waals surface area contributed by atoms with Gasteiger partial charge < -0.3 is 10.2 Å². The van der Waals surface area contributed by atoms with Crippen LogP contribution in [0.1, 0.15) is 18.9 Å². The first kappa shape index (κ1) is 25.9. The Kier molecular flexibility index (Phi) is 8.89. The van der Waals surface area contributed by atoms with Crippen LogP contribution >= 0.6 is 23.2 Å². The van der Waals surface area contributed by atoms with Crippen LogP contribution < -0.4 is 9.62 Å². The monoisotopic (exact) mass is 503 g/mol. The lowest BCUT2D eigenvalue weighted by molar-refractivity contribution is -0.140. The van der Waals surface area contributed by atoms with E-state index in [1.807, 2.05) is 0 Å². The van der Waals surface area contributed by atoms with E-state index in [1.165, 1.54) is 18.0 Å². The minimum atomic E-state index is -3.93. The van der Waals surface area contributed by atoms with Gasteiger partial charge in [-0.05, 0) is 42.3 Å². The van der Waals surface area contributed by atoms with Crippen molar-refractivity contribution in [1.29, 1.82) is 0 Å². The van der Waals surface area contributed by atoms with Gasteiger partial charge in [-0.15, -0.1) is 0 Å². The lowest BCUT2D eigenvalue weighted by Gasteiger charge is -2.32. The molecule has 0 unspecified atom stereocenters. The Morgan fingerprint density at radius 3 is 2.25 bits per heavy atom. The number of carbonyl (C=O) groups excluding carboxylic acids is 2. The van der Waals surface area contributed by atoms with Crippen LogP contribution in [-0.4, -0.2) is 51.0 Å². The second-order valence-corrected chi connectivity index (χ2v) is 9.80. The maximum absolute atomic E-state index is 13.6. The first-order chi connectivity index (χ1) is 15.0. The summed E-state index contributed by atoms with van der Waals surface area (Å²) in [7, 11) is -2.47. The minimum Gasteiger partial charge on any atom is -0.357 e. The molecule has 0 aromatic heterocycles. The summed E-state index contributed by atoms with van der Waals surface area (Å²) in [6.45, 7) is 1.21. The average molecular weight is 504 g/mol. The number of nitrogens with zero attached hydrogens (tertiary/aromatic N) is 2. The van der Waals surface area contributed by atoms with Crippen LogP contribution in [0.15, 0.2) is 42.5 Å². The zero-order valence-electron chi connectivity index (χ0n) is 17.8. The molecule has 1 atom stereocenters. The zero-order chi connectivity index (χ0) is 24.1. The second kappa shape index (κ2) is 11.0. The van der Waals surface area contributed by atoms with Crippen molar-refractivity contribution in [3.8, 4) is 0 Å². The Balaban J connectivity index is 2.43. The van der Waals surface area contributed by atoms with Crippen molar-refractivity contribution in [2.45, 2.75) is 25.9 Å². The number of rotatable bonds is 9. The highest BCUT2D eigenvalue weighted by atomic mass is 35.5. The molecule has 2 aromatic rings. The largest absolute Gasteiger partial charge is 0.357 e. The molecule has 0 aliphatic heterocycles. The quantitative estimate of drug-likeness (QED) is 0.567. The second-order valence-electron chi connectivity index (χ2n) is 7.05. The number of sulfonamides is 1. The SMILES string of the molecule is CC[C@H](C(=O)NC)N(Cc1ccc(Cl)cc1)C(=O)CN(c1ccc(F)c(Cl)c1)S(C)(=O)=O. The van der Waals surface area contributed by atoms with Crippen LogP contribution in [0, 0.1) is 5.82 Å². The number of benzene rings is 2. The van der Waals surface area contributed by atoms with Gasteiger partial charge in [-0.3, -0.25) is 13.9 Å². The van der Waals surface area contributed by atoms with E-state index in [9.17, 15) is 22.4 Å². The Morgan fingerprint density at radius 2 is 1.75 bits per heavy atom. The molecule has 0 bridgehead atoms. The Hall–Kier alpha value is -2.36. The molecular formula is C21H24Cl2FN3O4S. The zero-order valence-corrected chi connectivity index (χ0v) is 20.1. The number of anilines is 1. The van der Waals surface area contributed by atoms with E-state index in [1.54, 1.807) is 31.2 Å². The van der Waals surface area contributed by atoms with Crippen molar-refractivity contribution in [1.82, 2.24) is 10.2 Å². The molecule has 0 saturated carbocycles. The van der Waals surface area contributed by atoms with Gasteiger partial charge in [0.15, 0.2) is 0 Å². The molecule has 2 amide bonds. The fourth-order valence-electron chi connectivity index (χ4n) is 3.13. The lowest BCUT2D eigenvalue weighted by Crippen LogP contribution is -2.51. The fourth-order valence-corrected chi connectivity index (χ4v) is 4.27. The van der Waals surface area contributed by atoms with E-state index in [-0.39, 0.29) is 23.2 Å². The summed E-state index contributed by atoms with van der Waals surface area (Å²) < 4.78 is 39.3. The van der Waals surface area contributed by atoms with E-state index in [2.05, 4.69) is 5.32 Å². The number of amides is 2. The van der Waals surface area contributed by atoms with Crippen molar-refractivity contribution in [3.63, 3.8) is 0 Å². The third-order valence-corrected chi connectivity index (χ3v) is 6.45. The molecule has 2 aromatic carbocycles. The van der Waals surface area contributed by atoms with Crippen molar-refractivity contribution in [2.24, 2.45) is 0 Å². The van der Waals surface area contributed by atoms with E-state index < -0.39 is 34.3 Å². The van der Waals surface area contributed by atoms with Gasteiger partial charge in [-0.25, -0.2) is 12.8 Å². The molecule has 174 valence electrons. The average Bonchev–Trinajstić information content (AvgIpc) is 2.74. The van der Waals surface area contributed by atoms with Crippen LogP contribution in [0.4, 0.5) is 10.1 Å². The maximum Gasteiger partial charge on any atom is 0.244 e. The van der Waals surface area contributed by atoms with Gasteiger partial charge in [0.05, 0.1) is 17.0 Å². The third-order valence-electron chi connectivity index (χ3n) is 4.77. The fraction of sp³-hybridized carbons (Fsp3) is 0.333. The van der Waals surface area contributed by atoms with Crippen molar-refractivity contribution >= 4 is 50.7 Å². The van der Waals surface area contributed by atoms with Crippen molar-refractivity contribution < 1.29 is 22.4 Å². The van der Waals surface area contributed by atoms with Crippen LogP contribution in [0.2, 0.25) is 10.0 Å². The molecule has 32 heavy (non-hydrogen) atoms. The highest BCUT2D eigenvalue weighted by molar-refractivity contribution is 7.92. The molecule has 7 nitrogen and oxygen atoms in total. The number of nitrogens with one attached hydrogen (secondary N) is 1. The number of hydrogen-bond donors (Lipinski definition) is 1. The summed E-state index contributed by atoms with van der Waals surface area (Å²) >= 11 is 11.7. The number of likely N-dealkylation sites (N-methyl/N-ethyl adjacent to an activating group) is 1. The molecular weight excluding hydrogens is 480 g/mol. The number of hydrogen-bond acceptors (Lipinski definition) is 4. The van der Waals surface area contributed by atoms with Crippen molar-refractivity contribution in [2.75, 3.05) is 24.2 Å². The number of carbonyl (C=O) groups is 2. The molecule has 1 N–H and O–H groups in total. The predicted molar refractivity (Wildman–Crippen MR) is 124 cm³/mol. The van der Waals surface area contributed by atoms with Gasteiger partial charge in [0.2, 0.25) is 21.8 Å². The summed E-state index contributed by atoms with van der Waals surface area (Å²) in [5, 5.41) is 2.77. The van der Waals surface area contributed by atoms with E-state index >= 15 is 0 Å². The first-order valence-electron chi connectivity index (χ1n) is 9.66. The van der Waals surface area contributed by atoms with Gasteiger partial charge in [-0.2, -0.15) is 0 Å². The predicted octanol–water partition coefficient (Wildman–Crippen LogP) is 3.45. The Labute approximate surface area is 197 Å². The smallest absolute Gasteiger partial charge is 0.244 e. The molecule has 0 radical (unpaired) electrons. The summed E-state index contributed by atoms with van der Waals surface area (Å²) in [6.07, 6.45) is 1.23. The summed E-state index contributed by atoms with van der Waals surface area (Å²) in [5.41, 5.74) is 0.743. The van der Waals surface area contributed by atoms with Crippen LogP contribution in [0.5, 0.6) is 0 Å². The van der Waals surface area contributed by atoms with Crippen LogP contribution in [0.25, 0.3) is 0 Å². The summed E-state index contributed by atoms with van der Waals surface area (Å²) in [4.78, 5) is 27.1. The highest BCUT2D eigenvalue weighted by Gasteiger charge is 2.31. The molecule has 0 heterocycles. The highest BCUT2D eigenvalue weighted by Crippen LogP contribution is 2.25. The summed E-state index contributed by atoms with van der Waals surface area (Å²) in [5.74, 6) is -1.71. The molecule has 0 aliphatic rings. The molecule has 0 fully saturated rings. The van der Waals surface area contributed by atoms with Gasteiger partial charge >= 0.3 is 0 Å². The van der Waals surface area contributed by atoms with Gasteiger partial charge in [0, 0.05) is 18.6 Å². The normalized spacial score (nSPS) is 12.2. The van der Waals surface area contributed by atoms with Crippen molar-refractivity contribution in [3.05, 3.63) is 63.9 Å². The lowest BCUT2D eigenvalue weighted by atomic mass is 10.1. The van der Waals surface area contributed by atoms with E-state index in [4.69, 9.17) is 23.2 Å². The van der Waals surface area contributed by atoms with Crippen LogP contribution in [0.3, 0.4) is 0 Å². The number of halogens is 3. The topological polar surface area (TPSA) is 86.8 Å². The molecule has 2 rings (SSSR count). The van der Waals surface area contributed by atoms with E-state index in [0.29, 0.717) is 17.0 Å². The summed E-state index contributed by atoms with van der Waals surface area (Å²) in [6, 6.07) is 9.28. The molecule has 0 saturated heterocycles. The van der Waals surface area contributed by atoms with Gasteiger partial charge in [0.25, 0.3) is 0 Å². The third kappa shape index (κ3) is 6.57. The molecule has 0 aliphatic carbocycles. The van der Waals surface area contributed by atoms with Gasteiger partial charge in [-0.1, -0.05) is 42.3 Å². The standard InChI is InChI=1S/C21H24Cl2FN3O4S/c1-4-19(21(29)25-2)26(12-14-5-7-15(22)8-6-14)20(28)13-27(32(3,30)31)16-9-10-18(24)17(23)11-16/h5-11,19H,4,12-13H2,1-3H3,(H,25,29)/t19-/m1/s1. The van der Waals surface area contributed by atoms with E-state index in [0.717, 1.165) is 22.7 Å². The maximum atomic E-state index is 13.6. The molecule has 0 spiro atoms. The Bertz CT molecular complexity index is 1080. The minimum absolute atomic E-state index is 0.0340. The van der Waals surface area contributed by atoms with Crippen LogP contribution in [-0.2, 0) is 26.2 Å². The first-order valence-corrected chi connectivity index (χ1v) is 12.3. The Morgan fingerprint density at radius 1 is 1.12 bits per heavy atom.